The quantitative estimate of drug-likeness (QED) is 0.583. The van der Waals surface area contributed by atoms with Gasteiger partial charge in [-0.3, -0.25) is 9.59 Å². The van der Waals surface area contributed by atoms with E-state index in [9.17, 15) is 22.8 Å². The summed E-state index contributed by atoms with van der Waals surface area (Å²) in [6.07, 6.45) is 1.02. The molecule has 9 nitrogen and oxygen atoms in total. The van der Waals surface area contributed by atoms with Crippen molar-refractivity contribution in [1.29, 1.82) is 0 Å². The van der Waals surface area contributed by atoms with Gasteiger partial charge in [0.15, 0.2) is 22.1 Å². The third-order valence-corrected chi connectivity index (χ3v) is 5.30. The lowest BCUT2D eigenvalue weighted by atomic mass is 10.1. The van der Waals surface area contributed by atoms with Gasteiger partial charge in [0.2, 0.25) is 0 Å². The fourth-order valence-electron chi connectivity index (χ4n) is 2.49. The van der Waals surface area contributed by atoms with Crippen LogP contribution >= 0.6 is 11.6 Å². The van der Waals surface area contributed by atoms with E-state index in [0.29, 0.717) is 0 Å². The standard InChI is InChI=1S/C18H14ClN3O6S/c1-29(26,27)10-6-7-13(19)14(8-10)20-15(23)9-28-18(25)16-11-4-2-3-5-12(11)17(24)22-21-16/h2-8H,9H2,1H3,(H,20,23)(H,22,24). The van der Waals surface area contributed by atoms with Crippen molar-refractivity contribution in [3.8, 4) is 0 Å². The molecule has 0 aliphatic rings. The highest BCUT2D eigenvalue weighted by Crippen LogP contribution is 2.25. The average Bonchev–Trinajstić information content (AvgIpc) is 2.67. The topological polar surface area (TPSA) is 135 Å². The van der Waals surface area contributed by atoms with Crippen LogP contribution in [0.15, 0.2) is 52.2 Å². The van der Waals surface area contributed by atoms with E-state index in [0.717, 1.165) is 6.26 Å². The van der Waals surface area contributed by atoms with E-state index in [1.807, 2.05) is 0 Å². The molecule has 0 atom stereocenters. The number of nitrogens with one attached hydrogen (secondary N) is 2. The first-order valence-corrected chi connectivity index (χ1v) is 10.4. The fraction of sp³-hybridized carbons (Fsp3) is 0.111. The highest BCUT2D eigenvalue weighted by atomic mass is 35.5. The summed E-state index contributed by atoms with van der Waals surface area (Å²) in [4.78, 5) is 36.1. The number of aromatic nitrogens is 2. The van der Waals surface area contributed by atoms with E-state index >= 15 is 0 Å². The summed E-state index contributed by atoms with van der Waals surface area (Å²) in [5, 5.41) is 8.92. The van der Waals surface area contributed by atoms with E-state index in [2.05, 4.69) is 15.5 Å². The predicted molar refractivity (Wildman–Crippen MR) is 106 cm³/mol. The molecule has 0 spiro atoms. The Kier molecular flexibility index (Phi) is 5.66. The van der Waals surface area contributed by atoms with Crippen molar-refractivity contribution < 1.29 is 22.7 Å². The molecule has 0 saturated heterocycles. The second-order valence-electron chi connectivity index (χ2n) is 5.99. The molecule has 3 aromatic rings. The molecule has 0 aliphatic carbocycles. The summed E-state index contributed by atoms with van der Waals surface area (Å²) in [5.41, 5.74) is -0.552. The number of carbonyl (C=O) groups is 2. The Bertz CT molecular complexity index is 1290. The van der Waals surface area contributed by atoms with Crippen LogP contribution in [0.1, 0.15) is 10.5 Å². The highest BCUT2D eigenvalue weighted by Gasteiger charge is 2.18. The van der Waals surface area contributed by atoms with Gasteiger partial charge in [-0.2, -0.15) is 5.10 Å². The third-order valence-electron chi connectivity index (χ3n) is 3.86. The van der Waals surface area contributed by atoms with Crippen molar-refractivity contribution >= 4 is 49.8 Å². The number of ether oxygens (including phenoxy) is 1. The molecule has 0 unspecified atom stereocenters. The second-order valence-corrected chi connectivity index (χ2v) is 8.41. The summed E-state index contributed by atoms with van der Waals surface area (Å²) < 4.78 is 28.2. The maximum atomic E-state index is 12.3. The summed E-state index contributed by atoms with van der Waals surface area (Å²) in [5.74, 6) is -1.65. The number of anilines is 1. The Morgan fingerprint density at radius 1 is 1.17 bits per heavy atom. The van der Waals surface area contributed by atoms with Gasteiger partial charge in [0.05, 0.1) is 21.0 Å². The monoisotopic (exact) mass is 435 g/mol. The molecule has 2 aromatic carbocycles. The molecular formula is C18H14ClN3O6S. The first-order valence-electron chi connectivity index (χ1n) is 8.11. The maximum Gasteiger partial charge on any atom is 0.359 e. The lowest BCUT2D eigenvalue weighted by Gasteiger charge is -2.10. The summed E-state index contributed by atoms with van der Waals surface area (Å²) >= 11 is 5.97. The summed E-state index contributed by atoms with van der Waals surface area (Å²) in [6, 6.07) is 10.2. The van der Waals surface area contributed by atoms with Crippen molar-refractivity contribution in [2.45, 2.75) is 4.90 Å². The van der Waals surface area contributed by atoms with Crippen LogP contribution < -0.4 is 10.9 Å². The number of amides is 1. The van der Waals surface area contributed by atoms with Gasteiger partial charge < -0.3 is 10.1 Å². The number of hydrogen-bond donors (Lipinski definition) is 2. The molecule has 0 bridgehead atoms. The van der Waals surface area contributed by atoms with E-state index in [4.69, 9.17) is 16.3 Å². The van der Waals surface area contributed by atoms with Gasteiger partial charge in [-0.15, -0.1) is 0 Å². The largest absolute Gasteiger partial charge is 0.451 e. The molecule has 2 N–H and O–H groups in total. The molecule has 150 valence electrons. The maximum absolute atomic E-state index is 12.3. The molecule has 29 heavy (non-hydrogen) atoms. The van der Waals surface area contributed by atoms with E-state index in [-0.39, 0.29) is 32.1 Å². The zero-order valence-corrected chi connectivity index (χ0v) is 16.5. The first-order chi connectivity index (χ1) is 13.7. The molecule has 1 heterocycles. The van der Waals surface area contributed by atoms with Crippen LogP contribution in [-0.4, -0.2) is 43.4 Å². The van der Waals surface area contributed by atoms with Crippen LogP contribution in [0.2, 0.25) is 5.02 Å². The Balaban J connectivity index is 1.73. The smallest absolute Gasteiger partial charge is 0.359 e. The van der Waals surface area contributed by atoms with Crippen LogP contribution in [0, 0.1) is 0 Å². The minimum Gasteiger partial charge on any atom is -0.451 e. The van der Waals surface area contributed by atoms with E-state index in [1.165, 1.54) is 30.3 Å². The number of carbonyl (C=O) groups excluding carboxylic acids is 2. The van der Waals surface area contributed by atoms with Crippen molar-refractivity contribution in [1.82, 2.24) is 10.2 Å². The molecule has 0 aliphatic heterocycles. The number of sulfone groups is 1. The Hall–Kier alpha value is -3.24. The number of benzene rings is 2. The average molecular weight is 436 g/mol. The van der Waals surface area contributed by atoms with Gasteiger partial charge in [0.1, 0.15) is 0 Å². The van der Waals surface area contributed by atoms with Crippen molar-refractivity contribution in [3.63, 3.8) is 0 Å². The zero-order chi connectivity index (χ0) is 21.2. The second kappa shape index (κ2) is 8.02. The minimum atomic E-state index is -3.50. The molecular weight excluding hydrogens is 422 g/mol. The number of hydrogen-bond acceptors (Lipinski definition) is 7. The zero-order valence-electron chi connectivity index (χ0n) is 14.9. The minimum absolute atomic E-state index is 0.0295. The normalized spacial score (nSPS) is 11.2. The van der Waals surface area contributed by atoms with Gasteiger partial charge in [0, 0.05) is 11.6 Å². The number of aromatic amines is 1. The Morgan fingerprint density at radius 2 is 1.86 bits per heavy atom. The number of halogens is 1. The molecule has 11 heteroatoms. The summed E-state index contributed by atoms with van der Waals surface area (Å²) in [7, 11) is -3.50. The lowest BCUT2D eigenvalue weighted by molar-refractivity contribution is -0.119. The van der Waals surface area contributed by atoms with Gasteiger partial charge in [-0.25, -0.2) is 18.3 Å². The Morgan fingerprint density at radius 3 is 2.55 bits per heavy atom. The molecule has 0 radical (unpaired) electrons. The van der Waals surface area contributed by atoms with Gasteiger partial charge >= 0.3 is 5.97 Å². The fourth-order valence-corrected chi connectivity index (χ4v) is 3.30. The van der Waals surface area contributed by atoms with Crippen molar-refractivity contribution in [2.24, 2.45) is 0 Å². The van der Waals surface area contributed by atoms with Crippen LogP contribution in [0.3, 0.4) is 0 Å². The molecule has 1 aromatic heterocycles. The number of rotatable bonds is 5. The number of fused-ring (bicyclic) bond motifs is 1. The molecule has 0 fully saturated rings. The summed E-state index contributed by atoms with van der Waals surface area (Å²) in [6.45, 7) is -0.673. The van der Waals surface area contributed by atoms with Crippen LogP contribution in [0.25, 0.3) is 10.8 Å². The van der Waals surface area contributed by atoms with Gasteiger partial charge in [-0.1, -0.05) is 29.8 Å². The van der Waals surface area contributed by atoms with Crippen LogP contribution in [0.4, 0.5) is 5.69 Å². The first kappa shape index (κ1) is 20.5. The molecule has 1 amide bonds. The Labute approximate surface area is 169 Å². The predicted octanol–water partition coefficient (Wildman–Crippen LogP) is 1.78. The van der Waals surface area contributed by atoms with Gasteiger partial charge in [-0.05, 0) is 24.3 Å². The number of nitrogens with zero attached hydrogens (tertiary/aromatic N) is 1. The SMILES string of the molecule is CS(=O)(=O)c1ccc(Cl)c(NC(=O)COC(=O)c2n[nH]c(=O)c3ccccc23)c1. The van der Waals surface area contributed by atoms with Crippen molar-refractivity contribution in [2.75, 3.05) is 18.2 Å². The van der Waals surface area contributed by atoms with E-state index < -0.39 is 33.9 Å². The van der Waals surface area contributed by atoms with Crippen LogP contribution in [-0.2, 0) is 19.4 Å². The lowest BCUT2D eigenvalue weighted by Crippen LogP contribution is -2.23. The van der Waals surface area contributed by atoms with Crippen molar-refractivity contribution in [3.05, 3.63) is 63.5 Å². The number of esters is 1. The van der Waals surface area contributed by atoms with Gasteiger partial charge in [0.25, 0.3) is 11.5 Å². The van der Waals surface area contributed by atoms with Crippen LogP contribution in [0.5, 0.6) is 0 Å². The molecule has 0 saturated carbocycles. The number of H-pyrrole nitrogens is 1. The molecule has 3 rings (SSSR count). The van der Waals surface area contributed by atoms with E-state index in [1.54, 1.807) is 12.1 Å². The third kappa shape index (κ3) is 4.61. The highest BCUT2D eigenvalue weighted by molar-refractivity contribution is 7.90.